The second-order valence-electron chi connectivity index (χ2n) is 4.98. The highest BCUT2D eigenvalue weighted by atomic mass is 16.2. The summed E-state index contributed by atoms with van der Waals surface area (Å²) >= 11 is 0. The standard InChI is InChI=1S/C10H18N2O/c1-10(2)6-11-9(13)8(12-10)5-7-3-4-7/h7-8,12H,3-6H2,1-2H3,(H,11,13). The maximum atomic E-state index is 11.5. The molecule has 1 heterocycles. The first kappa shape index (κ1) is 9.00. The number of rotatable bonds is 2. The van der Waals surface area contributed by atoms with Crippen LogP contribution in [0.4, 0.5) is 0 Å². The van der Waals surface area contributed by atoms with Gasteiger partial charge in [0.05, 0.1) is 6.04 Å². The first-order chi connectivity index (χ1) is 6.07. The lowest BCUT2D eigenvalue weighted by Crippen LogP contribution is -2.63. The number of hydrogen-bond donors (Lipinski definition) is 2. The first-order valence-corrected chi connectivity index (χ1v) is 5.12. The molecule has 3 nitrogen and oxygen atoms in total. The monoisotopic (exact) mass is 182 g/mol. The van der Waals surface area contributed by atoms with E-state index in [2.05, 4.69) is 24.5 Å². The van der Waals surface area contributed by atoms with Gasteiger partial charge in [-0.1, -0.05) is 12.8 Å². The second-order valence-corrected chi connectivity index (χ2v) is 4.98. The minimum atomic E-state index is 0.0521. The van der Waals surface area contributed by atoms with Gasteiger partial charge in [0.2, 0.25) is 5.91 Å². The van der Waals surface area contributed by atoms with Crippen LogP contribution in [0.15, 0.2) is 0 Å². The lowest BCUT2D eigenvalue weighted by atomic mass is 9.97. The van der Waals surface area contributed by atoms with E-state index in [4.69, 9.17) is 0 Å². The summed E-state index contributed by atoms with van der Waals surface area (Å²) in [6.45, 7) is 5.01. The fraction of sp³-hybridized carbons (Fsp3) is 0.900. The van der Waals surface area contributed by atoms with Crippen LogP contribution in [0.5, 0.6) is 0 Å². The molecule has 1 amide bonds. The molecule has 2 aliphatic rings. The van der Waals surface area contributed by atoms with Crippen LogP contribution in [-0.4, -0.2) is 24.0 Å². The van der Waals surface area contributed by atoms with Crippen LogP contribution in [-0.2, 0) is 4.79 Å². The lowest BCUT2D eigenvalue weighted by molar-refractivity contribution is -0.126. The zero-order chi connectivity index (χ0) is 9.47. The summed E-state index contributed by atoms with van der Waals surface area (Å²) in [5, 5.41) is 6.36. The zero-order valence-electron chi connectivity index (χ0n) is 8.39. The zero-order valence-corrected chi connectivity index (χ0v) is 8.39. The van der Waals surface area contributed by atoms with Gasteiger partial charge < -0.3 is 5.32 Å². The molecule has 0 spiro atoms. The van der Waals surface area contributed by atoms with Gasteiger partial charge in [-0.25, -0.2) is 0 Å². The van der Waals surface area contributed by atoms with Crippen molar-refractivity contribution in [2.45, 2.75) is 44.7 Å². The van der Waals surface area contributed by atoms with Crippen molar-refractivity contribution in [2.75, 3.05) is 6.54 Å². The summed E-state index contributed by atoms with van der Waals surface area (Å²) in [6, 6.07) is 0.0521. The molecule has 2 N–H and O–H groups in total. The predicted molar refractivity (Wildman–Crippen MR) is 51.4 cm³/mol. The number of nitrogens with one attached hydrogen (secondary N) is 2. The van der Waals surface area contributed by atoms with Crippen LogP contribution in [0.1, 0.15) is 33.1 Å². The van der Waals surface area contributed by atoms with E-state index in [0.29, 0.717) is 0 Å². The highest BCUT2D eigenvalue weighted by Gasteiger charge is 2.36. The van der Waals surface area contributed by atoms with E-state index in [-0.39, 0.29) is 17.5 Å². The Bertz CT molecular complexity index is 221. The lowest BCUT2D eigenvalue weighted by Gasteiger charge is -2.36. The number of amides is 1. The first-order valence-electron chi connectivity index (χ1n) is 5.12. The summed E-state index contributed by atoms with van der Waals surface area (Å²) < 4.78 is 0. The minimum Gasteiger partial charge on any atom is -0.353 e. The van der Waals surface area contributed by atoms with Crippen molar-refractivity contribution in [1.29, 1.82) is 0 Å². The quantitative estimate of drug-likeness (QED) is 0.658. The Morgan fingerprint density at radius 3 is 2.77 bits per heavy atom. The molecule has 1 aliphatic carbocycles. The van der Waals surface area contributed by atoms with Crippen LogP contribution < -0.4 is 10.6 Å². The molecule has 0 radical (unpaired) electrons. The number of hydrogen-bond acceptors (Lipinski definition) is 2. The van der Waals surface area contributed by atoms with E-state index in [1.807, 2.05) is 0 Å². The van der Waals surface area contributed by atoms with Gasteiger partial charge in [0.15, 0.2) is 0 Å². The molecular formula is C10H18N2O. The largest absolute Gasteiger partial charge is 0.353 e. The summed E-state index contributed by atoms with van der Waals surface area (Å²) in [5.74, 6) is 0.989. The molecule has 1 unspecified atom stereocenters. The molecule has 3 heteroatoms. The van der Waals surface area contributed by atoms with E-state index in [0.717, 1.165) is 18.9 Å². The van der Waals surface area contributed by atoms with Crippen molar-refractivity contribution in [1.82, 2.24) is 10.6 Å². The van der Waals surface area contributed by atoms with Gasteiger partial charge in [-0.2, -0.15) is 0 Å². The second kappa shape index (κ2) is 2.98. The van der Waals surface area contributed by atoms with Gasteiger partial charge in [-0.05, 0) is 26.2 Å². The van der Waals surface area contributed by atoms with Crippen LogP contribution in [0.25, 0.3) is 0 Å². The van der Waals surface area contributed by atoms with Crippen molar-refractivity contribution in [3.05, 3.63) is 0 Å². The third-order valence-electron chi connectivity index (χ3n) is 2.85. The van der Waals surface area contributed by atoms with Crippen molar-refractivity contribution in [3.8, 4) is 0 Å². The molecule has 2 rings (SSSR count). The summed E-state index contributed by atoms with van der Waals surface area (Å²) in [4.78, 5) is 11.5. The minimum absolute atomic E-state index is 0.0521. The van der Waals surface area contributed by atoms with Crippen molar-refractivity contribution < 1.29 is 4.79 Å². The Balaban J connectivity index is 1.93. The summed E-state index contributed by atoms with van der Waals surface area (Å²) in [7, 11) is 0. The number of carbonyl (C=O) groups excluding carboxylic acids is 1. The maximum absolute atomic E-state index is 11.5. The Hall–Kier alpha value is -0.570. The van der Waals surface area contributed by atoms with E-state index >= 15 is 0 Å². The molecule has 0 aromatic rings. The van der Waals surface area contributed by atoms with Gasteiger partial charge in [0, 0.05) is 12.1 Å². The molecule has 2 fully saturated rings. The average Bonchev–Trinajstić information content (AvgIpc) is 2.80. The van der Waals surface area contributed by atoms with Crippen molar-refractivity contribution >= 4 is 5.91 Å². The maximum Gasteiger partial charge on any atom is 0.237 e. The van der Waals surface area contributed by atoms with Crippen LogP contribution in [0.2, 0.25) is 0 Å². The Labute approximate surface area is 79.3 Å². The molecule has 1 saturated carbocycles. The van der Waals surface area contributed by atoms with Gasteiger partial charge in [0.25, 0.3) is 0 Å². The van der Waals surface area contributed by atoms with Gasteiger partial charge in [-0.3, -0.25) is 10.1 Å². The number of piperazine rings is 1. The van der Waals surface area contributed by atoms with E-state index in [1.54, 1.807) is 0 Å². The van der Waals surface area contributed by atoms with Gasteiger partial charge in [-0.15, -0.1) is 0 Å². The third kappa shape index (κ3) is 2.21. The highest BCUT2D eigenvalue weighted by molar-refractivity contribution is 5.82. The molecule has 74 valence electrons. The molecular weight excluding hydrogens is 164 g/mol. The van der Waals surface area contributed by atoms with Crippen molar-refractivity contribution in [2.24, 2.45) is 5.92 Å². The topological polar surface area (TPSA) is 41.1 Å². The predicted octanol–water partition coefficient (Wildman–Crippen LogP) is 0.653. The molecule has 0 aromatic carbocycles. The van der Waals surface area contributed by atoms with Gasteiger partial charge in [0.1, 0.15) is 0 Å². The molecule has 1 atom stereocenters. The fourth-order valence-electron chi connectivity index (χ4n) is 1.87. The smallest absolute Gasteiger partial charge is 0.237 e. The summed E-state index contributed by atoms with van der Waals surface area (Å²) in [5.41, 5.74) is 0.0630. The highest BCUT2D eigenvalue weighted by Crippen LogP contribution is 2.34. The fourth-order valence-corrected chi connectivity index (χ4v) is 1.87. The van der Waals surface area contributed by atoms with Crippen LogP contribution >= 0.6 is 0 Å². The number of carbonyl (C=O) groups is 1. The Morgan fingerprint density at radius 2 is 2.15 bits per heavy atom. The average molecular weight is 182 g/mol. The normalized spacial score (nSPS) is 32.8. The van der Waals surface area contributed by atoms with Crippen LogP contribution in [0.3, 0.4) is 0 Å². The van der Waals surface area contributed by atoms with E-state index in [9.17, 15) is 4.79 Å². The Morgan fingerprint density at radius 1 is 1.46 bits per heavy atom. The van der Waals surface area contributed by atoms with Crippen molar-refractivity contribution in [3.63, 3.8) is 0 Å². The van der Waals surface area contributed by atoms with E-state index in [1.165, 1.54) is 12.8 Å². The Kier molecular flexibility index (Phi) is 2.06. The molecule has 0 bridgehead atoms. The third-order valence-corrected chi connectivity index (χ3v) is 2.85. The SMILES string of the molecule is CC1(C)CNC(=O)C(CC2CC2)N1. The van der Waals surface area contributed by atoms with Crippen LogP contribution in [0, 0.1) is 5.92 Å². The van der Waals surface area contributed by atoms with Gasteiger partial charge >= 0.3 is 0 Å². The molecule has 13 heavy (non-hydrogen) atoms. The van der Waals surface area contributed by atoms with E-state index < -0.39 is 0 Å². The molecule has 1 aliphatic heterocycles. The summed E-state index contributed by atoms with van der Waals surface area (Å²) in [6.07, 6.45) is 3.65. The molecule has 1 saturated heterocycles. The molecule has 0 aromatic heterocycles.